The van der Waals surface area contributed by atoms with Gasteiger partial charge in [-0.1, -0.05) is 85.1 Å². The van der Waals surface area contributed by atoms with E-state index in [0.717, 1.165) is 16.8 Å². The molecule has 0 aliphatic heterocycles. The van der Waals surface area contributed by atoms with Crippen molar-refractivity contribution < 1.29 is 0 Å². The fourth-order valence-electron chi connectivity index (χ4n) is 2.37. The van der Waals surface area contributed by atoms with E-state index in [1.54, 1.807) is 6.33 Å². The summed E-state index contributed by atoms with van der Waals surface area (Å²) in [6, 6.07) is 20.2. The van der Waals surface area contributed by atoms with E-state index in [4.69, 9.17) is 24.4 Å². The Balaban J connectivity index is 1.61. The van der Waals surface area contributed by atoms with Gasteiger partial charge in [0.1, 0.15) is 21.4 Å². The predicted octanol–water partition coefficient (Wildman–Crippen LogP) is 3.34. The number of H-pyrrole nitrogens is 1. The summed E-state index contributed by atoms with van der Waals surface area (Å²) in [6.45, 7) is 1.30. The number of aromatic amines is 1. The lowest BCUT2D eigenvalue weighted by Crippen LogP contribution is -2.28. The normalized spacial score (nSPS) is 10.2. The number of imidazole rings is 1. The van der Waals surface area contributed by atoms with Crippen LogP contribution in [0.2, 0.25) is 0 Å². The minimum Gasteiger partial charge on any atom is -0.370 e. The van der Waals surface area contributed by atoms with E-state index in [1.807, 2.05) is 48.5 Å². The van der Waals surface area contributed by atoms with Gasteiger partial charge in [-0.2, -0.15) is 0 Å². The van der Waals surface area contributed by atoms with Gasteiger partial charge in [-0.25, -0.2) is 4.98 Å². The number of thiocarbonyl (C=S) groups is 2. The van der Waals surface area contributed by atoms with Crippen LogP contribution < -0.4 is 10.6 Å². The first-order valence-corrected chi connectivity index (χ1v) is 8.73. The zero-order chi connectivity index (χ0) is 17.5. The second-order valence-electron chi connectivity index (χ2n) is 5.46. The summed E-state index contributed by atoms with van der Waals surface area (Å²) < 4.78 is 0. The highest BCUT2D eigenvalue weighted by atomic mass is 32.1. The molecule has 3 aromatic rings. The lowest BCUT2D eigenvalue weighted by atomic mass is 10.2. The first-order valence-electron chi connectivity index (χ1n) is 7.91. The topological polar surface area (TPSA) is 52.7 Å². The second kappa shape index (κ2) is 8.50. The van der Waals surface area contributed by atoms with E-state index in [2.05, 4.69) is 32.7 Å². The van der Waals surface area contributed by atoms with Gasteiger partial charge in [0.2, 0.25) is 0 Å². The maximum absolute atomic E-state index is 5.49. The number of aromatic nitrogens is 2. The highest BCUT2D eigenvalue weighted by molar-refractivity contribution is 7.81. The zero-order valence-electron chi connectivity index (χ0n) is 13.5. The molecule has 0 aliphatic carbocycles. The van der Waals surface area contributed by atoms with Crippen LogP contribution in [-0.2, 0) is 13.1 Å². The van der Waals surface area contributed by atoms with Crippen molar-refractivity contribution in [3.8, 4) is 0 Å². The van der Waals surface area contributed by atoms with Gasteiger partial charge in [0.05, 0.1) is 6.33 Å². The number of rotatable bonds is 6. The van der Waals surface area contributed by atoms with E-state index in [9.17, 15) is 0 Å². The summed E-state index contributed by atoms with van der Waals surface area (Å²) in [6.07, 6.45) is 1.61. The molecular formula is C19H18N4S2. The van der Waals surface area contributed by atoms with E-state index in [1.165, 1.54) is 0 Å². The molecule has 0 aliphatic rings. The average molecular weight is 367 g/mol. The van der Waals surface area contributed by atoms with Crippen LogP contribution in [0.3, 0.4) is 0 Å². The third kappa shape index (κ3) is 4.71. The quantitative estimate of drug-likeness (QED) is 0.584. The van der Waals surface area contributed by atoms with Crippen LogP contribution in [0.5, 0.6) is 0 Å². The highest BCUT2D eigenvalue weighted by Gasteiger charge is 2.14. The van der Waals surface area contributed by atoms with Gasteiger partial charge >= 0.3 is 0 Å². The predicted molar refractivity (Wildman–Crippen MR) is 109 cm³/mol. The van der Waals surface area contributed by atoms with Crippen molar-refractivity contribution >= 4 is 34.4 Å². The SMILES string of the molecule is S=C(NCc1ccccc1)c1nc[nH]c1C(=S)NCc1ccccc1. The zero-order valence-corrected chi connectivity index (χ0v) is 15.2. The Hall–Kier alpha value is -2.57. The Morgan fingerprint density at radius 2 is 1.32 bits per heavy atom. The lowest BCUT2D eigenvalue weighted by molar-refractivity contribution is 0.918. The van der Waals surface area contributed by atoms with Crippen LogP contribution in [-0.4, -0.2) is 19.9 Å². The van der Waals surface area contributed by atoms with Crippen LogP contribution in [0, 0.1) is 0 Å². The third-order valence-electron chi connectivity index (χ3n) is 3.67. The summed E-state index contributed by atoms with van der Waals surface area (Å²) in [5.41, 5.74) is 3.72. The number of hydrogen-bond donors (Lipinski definition) is 3. The van der Waals surface area contributed by atoms with Gasteiger partial charge in [0.15, 0.2) is 0 Å². The molecule has 126 valence electrons. The molecule has 0 radical (unpaired) electrons. The van der Waals surface area contributed by atoms with Gasteiger partial charge in [-0.05, 0) is 11.1 Å². The Labute approximate surface area is 157 Å². The van der Waals surface area contributed by atoms with E-state index < -0.39 is 0 Å². The van der Waals surface area contributed by atoms with Crippen LogP contribution in [0.4, 0.5) is 0 Å². The molecule has 1 heterocycles. The Morgan fingerprint density at radius 3 is 1.88 bits per heavy atom. The molecular weight excluding hydrogens is 348 g/mol. The van der Waals surface area contributed by atoms with Crippen LogP contribution in [0.25, 0.3) is 0 Å². The second-order valence-corrected chi connectivity index (χ2v) is 6.28. The van der Waals surface area contributed by atoms with Gasteiger partial charge in [0, 0.05) is 13.1 Å². The first kappa shape index (κ1) is 17.3. The number of nitrogens with one attached hydrogen (secondary N) is 3. The molecule has 1 aromatic heterocycles. The maximum atomic E-state index is 5.49. The van der Waals surface area contributed by atoms with Crippen molar-refractivity contribution in [2.24, 2.45) is 0 Å². The fraction of sp³-hybridized carbons (Fsp3) is 0.105. The molecule has 3 rings (SSSR count). The average Bonchev–Trinajstić information content (AvgIpc) is 3.16. The van der Waals surface area contributed by atoms with Crippen molar-refractivity contribution in [3.05, 3.63) is 89.5 Å². The van der Waals surface area contributed by atoms with Crippen LogP contribution in [0.15, 0.2) is 67.0 Å². The largest absolute Gasteiger partial charge is 0.370 e. The molecule has 0 atom stereocenters. The molecule has 0 unspecified atom stereocenters. The summed E-state index contributed by atoms with van der Waals surface area (Å²) in [5.74, 6) is 0. The van der Waals surface area contributed by atoms with Gasteiger partial charge < -0.3 is 15.6 Å². The van der Waals surface area contributed by atoms with Crippen molar-refractivity contribution in [2.75, 3.05) is 0 Å². The molecule has 0 bridgehead atoms. The van der Waals surface area contributed by atoms with Gasteiger partial charge in [-0.15, -0.1) is 0 Å². The fourth-order valence-corrected chi connectivity index (χ4v) is 2.82. The Kier molecular flexibility index (Phi) is 5.87. The van der Waals surface area contributed by atoms with Crippen molar-refractivity contribution in [1.82, 2.24) is 20.6 Å². The summed E-state index contributed by atoms with van der Waals surface area (Å²) in [7, 11) is 0. The first-order chi connectivity index (χ1) is 12.2. The van der Waals surface area contributed by atoms with Crippen molar-refractivity contribution in [1.29, 1.82) is 0 Å². The third-order valence-corrected chi connectivity index (χ3v) is 4.36. The molecule has 0 amide bonds. The number of benzene rings is 2. The minimum atomic E-state index is 0.573. The van der Waals surface area contributed by atoms with Gasteiger partial charge in [-0.3, -0.25) is 0 Å². The molecule has 6 heteroatoms. The van der Waals surface area contributed by atoms with E-state index in [0.29, 0.717) is 28.8 Å². The molecule has 0 spiro atoms. The van der Waals surface area contributed by atoms with E-state index in [-0.39, 0.29) is 0 Å². The Bertz CT molecular complexity index is 774. The standard InChI is InChI=1S/C19H18N4S2/c24-18(20-11-14-7-3-1-4-8-14)16-17(23-13-22-16)19(25)21-12-15-9-5-2-6-10-15/h1-10,13H,11-12H2,(H,20,24)(H,21,25)(H,22,23). The highest BCUT2D eigenvalue weighted by Crippen LogP contribution is 2.07. The number of hydrogen-bond acceptors (Lipinski definition) is 3. The van der Waals surface area contributed by atoms with Crippen molar-refractivity contribution in [3.63, 3.8) is 0 Å². The maximum Gasteiger partial charge on any atom is 0.127 e. The summed E-state index contributed by atoms with van der Waals surface area (Å²) >= 11 is 11.0. The van der Waals surface area contributed by atoms with Crippen molar-refractivity contribution in [2.45, 2.75) is 13.1 Å². The Morgan fingerprint density at radius 1 is 0.800 bits per heavy atom. The molecule has 0 saturated heterocycles. The monoisotopic (exact) mass is 366 g/mol. The molecule has 25 heavy (non-hydrogen) atoms. The van der Waals surface area contributed by atoms with E-state index >= 15 is 0 Å². The molecule has 0 fully saturated rings. The van der Waals surface area contributed by atoms with Gasteiger partial charge in [0.25, 0.3) is 0 Å². The van der Waals surface area contributed by atoms with Crippen LogP contribution >= 0.6 is 24.4 Å². The molecule has 2 aromatic carbocycles. The lowest BCUT2D eigenvalue weighted by Gasteiger charge is -2.10. The molecule has 4 nitrogen and oxygen atoms in total. The summed E-state index contributed by atoms with van der Waals surface area (Å²) in [4.78, 5) is 8.57. The smallest absolute Gasteiger partial charge is 0.127 e. The molecule has 0 saturated carbocycles. The minimum absolute atomic E-state index is 0.573. The molecule has 3 N–H and O–H groups in total. The van der Waals surface area contributed by atoms with Crippen LogP contribution in [0.1, 0.15) is 22.5 Å². The summed E-state index contributed by atoms with van der Waals surface area (Å²) in [5, 5.41) is 6.48. The number of nitrogens with zero attached hydrogens (tertiary/aromatic N) is 1.